The van der Waals surface area contributed by atoms with Gasteiger partial charge in [-0.2, -0.15) is 0 Å². The van der Waals surface area contributed by atoms with Crippen molar-refractivity contribution in [3.05, 3.63) is 59.7 Å². The van der Waals surface area contributed by atoms with E-state index < -0.39 is 6.04 Å². The predicted molar refractivity (Wildman–Crippen MR) is 131 cm³/mol. The van der Waals surface area contributed by atoms with Crippen LogP contribution in [0, 0.1) is 0 Å². The number of carbonyl (C=O) groups is 2. The molecule has 0 aromatic heterocycles. The molecule has 2 aromatic carbocycles. The molecule has 0 aliphatic heterocycles. The van der Waals surface area contributed by atoms with Gasteiger partial charge >= 0.3 is 0 Å². The second-order valence-corrected chi connectivity index (χ2v) is 7.97. The Kier molecular flexibility index (Phi) is 11.3. The molecule has 0 aliphatic rings. The minimum absolute atomic E-state index is 0.0520. The summed E-state index contributed by atoms with van der Waals surface area (Å²) in [5, 5.41) is 2.95. The number of aryl methyl sites for hydroxylation is 1. The number of nitrogens with one attached hydrogen (secondary N) is 1. The van der Waals surface area contributed by atoms with Crippen LogP contribution in [-0.2, 0) is 22.6 Å². The first-order valence-electron chi connectivity index (χ1n) is 12.0. The van der Waals surface area contributed by atoms with Gasteiger partial charge in [-0.1, -0.05) is 49.7 Å². The lowest BCUT2D eigenvalue weighted by Crippen LogP contribution is -2.47. The van der Waals surface area contributed by atoms with Crippen LogP contribution in [0.2, 0.25) is 0 Å². The summed E-state index contributed by atoms with van der Waals surface area (Å²) in [4.78, 5) is 27.7. The number of carbonyl (C=O) groups excluding carboxylic acids is 2. The van der Waals surface area contributed by atoms with Crippen LogP contribution in [0.25, 0.3) is 0 Å². The standard InChI is InChI=1S/C27H38N2O4/c1-5-8-18-28-27(31)21(4)29(20-23-12-10-9-11-13-23)26(30)17-15-22-14-16-24(32-6-2)25(19-22)33-7-3/h9-14,16,19,21H,5-8,15,17-18,20H2,1-4H3,(H,28,31)/t21-/m1/s1. The van der Waals surface area contributed by atoms with E-state index >= 15 is 0 Å². The summed E-state index contributed by atoms with van der Waals surface area (Å²) in [6, 6.07) is 15.0. The van der Waals surface area contributed by atoms with Crippen LogP contribution in [-0.4, -0.2) is 42.5 Å². The van der Waals surface area contributed by atoms with Crippen LogP contribution in [0.3, 0.4) is 0 Å². The largest absolute Gasteiger partial charge is 0.490 e. The Balaban J connectivity index is 2.12. The molecule has 0 saturated heterocycles. The van der Waals surface area contributed by atoms with Gasteiger partial charge < -0.3 is 19.7 Å². The van der Waals surface area contributed by atoms with Gasteiger partial charge in [0.05, 0.1) is 13.2 Å². The van der Waals surface area contributed by atoms with E-state index in [0.29, 0.717) is 50.6 Å². The van der Waals surface area contributed by atoms with Gasteiger partial charge in [0.2, 0.25) is 11.8 Å². The van der Waals surface area contributed by atoms with Gasteiger partial charge in [-0.3, -0.25) is 9.59 Å². The van der Waals surface area contributed by atoms with E-state index in [1.807, 2.05) is 62.4 Å². The molecule has 1 N–H and O–H groups in total. The molecule has 2 amide bonds. The molecule has 0 saturated carbocycles. The molecular formula is C27H38N2O4. The number of benzene rings is 2. The Morgan fingerprint density at radius 3 is 2.30 bits per heavy atom. The van der Waals surface area contributed by atoms with Crippen LogP contribution in [0.5, 0.6) is 11.5 Å². The van der Waals surface area contributed by atoms with Gasteiger partial charge in [0, 0.05) is 19.5 Å². The molecule has 0 aliphatic carbocycles. The maximum atomic E-state index is 13.3. The molecule has 0 spiro atoms. The van der Waals surface area contributed by atoms with Crippen molar-refractivity contribution in [3.63, 3.8) is 0 Å². The normalized spacial score (nSPS) is 11.5. The van der Waals surface area contributed by atoms with Gasteiger partial charge in [0.1, 0.15) is 6.04 Å². The summed E-state index contributed by atoms with van der Waals surface area (Å²) in [6.07, 6.45) is 2.79. The first-order valence-corrected chi connectivity index (χ1v) is 12.0. The Morgan fingerprint density at radius 1 is 0.939 bits per heavy atom. The highest BCUT2D eigenvalue weighted by molar-refractivity contribution is 5.87. The molecule has 0 heterocycles. The zero-order valence-electron chi connectivity index (χ0n) is 20.4. The number of hydrogen-bond acceptors (Lipinski definition) is 4. The van der Waals surface area contributed by atoms with Crippen molar-refractivity contribution >= 4 is 11.8 Å². The van der Waals surface area contributed by atoms with Gasteiger partial charge in [0.25, 0.3) is 0 Å². The highest BCUT2D eigenvalue weighted by Gasteiger charge is 2.25. The molecule has 180 valence electrons. The van der Waals surface area contributed by atoms with E-state index in [0.717, 1.165) is 24.0 Å². The summed E-state index contributed by atoms with van der Waals surface area (Å²) < 4.78 is 11.3. The zero-order valence-corrected chi connectivity index (χ0v) is 20.4. The van der Waals surface area contributed by atoms with Crippen molar-refractivity contribution in [2.24, 2.45) is 0 Å². The molecule has 0 unspecified atom stereocenters. The summed E-state index contributed by atoms with van der Waals surface area (Å²) >= 11 is 0. The highest BCUT2D eigenvalue weighted by Crippen LogP contribution is 2.29. The summed E-state index contributed by atoms with van der Waals surface area (Å²) in [5.74, 6) is 1.22. The second-order valence-electron chi connectivity index (χ2n) is 7.97. The minimum Gasteiger partial charge on any atom is -0.490 e. The van der Waals surface area contributed by atoms with Gasteiger partial charge in [-0.05, 0) is 56.9 Å². The Hall–Kier alpha value is -3.02. The first kappa shape index (κ1) is 26.2. The van der Waals surface area contributed by atoms with E-state index in [9.17, 15) is 9.59 Å². The zero-order chi connectivity index (χ0) is 24.1. The number of unbranched alkanes of at least 4 members (excludes halogenated alkanes) is 1. The van der Waals surface area contributed by atoms with Crippen molar-refractivity contribution < 1.29 is 19.1 Å². The third-order valence-corrected chi connectivity index (χ3v) is 5.43. The molecule has 2 aromatic rings. The maximum Gasteiger partial charge on any atom is 0.242 e. The summed E-state index contributed by atoms with van der Waals surface area (Å²) in [5.41, 5.74) is 1.99. The number of nitrogens with zero attached hydrogens (tertiary/aromatic N) is 1. The van der Waals surface area contributed by atoms with Gasteiger partial charge in [0.15, 0.2) is 11.5 Å². The summed E-state index contributed by atoms with van der Waals surface area (Å²) in [7, 11) is 0. The van der Waals surface area contributed by atoms with Crippen molar-refractivity contribution in [1.29, 1.82) is 0 Å². The van der Waals surface area contributed by atoms with Crippen LogP contribution >= 0.6 is 0 Å². The smallest absolute Gasteiger partial charge is 0.242 e. The molecule has 2 rings (SSSR count). The Bertz CT molecular complexity index is 870. The monoisotopic (exact) mass is 454 g/mol. The fourth-order valence-electron chi connectivity index (χ4n) is 3.54. The van der Waals surface area contributed by atoms with E-state index in [1.54, 1.807) is 11.8 Å². The molecule has 0 radical (unpaired) electrons. The average Bonchev–Trinajstić information content (AvgIpc) is 2.83. The van der Waals surface area contributed by atoms with Crippen molar-refractivity contribution in [2.45, 2.75) is 66.0 Å². The van der Waals surface area contributed by atoms with E-state index in [-0.39, 0.29) is 11.8 Å². The van der Waals surface area contributed by atoms with Crippen molar-refractivity contribution in [3.8, 4) is 11.5 Å². The number of amides is 2. The average molecular weight is 455 g/mol. The van der Waals surface area contributed by atoms with Gasteiger partial charge in [-0.15, -0.1) is 0 Å². The number of rotatable bonds is 14. The fraction of sp³-hybridized carbons (Fsp3) is 0.481. The minimum atomic E-state index is -0.547. The van der Waals surface area contributed by atoms with Crippen molar-refractivity contribution in [2.75, 3.05) is 19.8 Å². The van der Waals surface area contributed by atoms with Crippen LogP contribution in [0.4, 0.5) is 0 Å². The van der Waals surface area contributed by atoms with E-state index in [4.69, 9.17) is 9.47 Å². The Labute approximate surface area is 198 Å². The lowest BCUT2D eigenvalue weighted by atomic mass is 10.1. The third-order valence-electron chi connectivity index (χ3n) is 5.43. The SMILES string of the molecule is CCCCNC(=O)[C@@H](C)N(Cc1ccccc1)C(=O)CCc1ccc(OCC)c(OCC)c1. The lowest BCUT2D eigenvalue weighted by molar-refractivity contribution is -0.140. The lowest BCUT2D eigenvalue weighted by Gasteiger charge is -2.29. The molecule has 1 atom stereocenters. The molecular weight excluding hydrogens is 416 g/mol. The van der Waals surface area contributed by atoms with Crippen molar-refractivity contribution in [1.82, 2.24) is 10.2 Å². The summed E-state index contributed by atoms with van der Waals surface area (Å²) in [6.45, 7) is 9.87. The van der Waals surface area contributed by atoms with Crippen LogP contribution < -0.4 is 14.8 Å². The van der Waals surface area contributed by atoms with Gasteiger partial charge in [-0.25, -0.2) is 0 Å². The molecule has 6 heteroatoms. The number of ether oxygens (including phenoxy) is 2. The first-order chi connectivity index (χ1) is 16.0. The quantitative estimate of drug-likeness (QED) is 0.418. The molecule has 0 bridgehead atoms. The topological polar surface area (TPSA) is 67.9 Å². The second kappa shape index (κ2) is 14.2. The molecule has 0 fully saturated rings. The molecule has 6 nitrogen and oxygen atoms in total. The van der Waals surface area contributed by atoms with E-state index in [1.165, 1.54) is 0 Å². The van der Waals surface area contributed by atoms with E-state index in [2.05, 4.69) is 12.2 Å². The maximum absolute atomic E-state index is 13.3. The Morgan fingerprint density at radius 2 is 1.64 bits per heavy atom. The van der Waals surface area contributed by atoms with Crippen LogP contribution in [0.15, 0.2) is 48.5 Å². The fourth-order valence-corrected chi connectivity index (χ4v) is 3.54. The van der Waals surface area contributed by atoms with Crippen LogP contribution in [0.1, 0.15) is 58.1 Å². The third kappa shape index (κ3) is 8.44. The highest BCUT2D eigenvalue weighted by atomic mass is 16.5. The predicted octanol–water partition coefficient (Wildman–Crippen LogP) is 4.75. The molecule has 33 heavy (non-hydrogen) atoms. The number of hydrogen-bond donors (Lipinski definition) is 1.